The molecule has 0 spiro atoms. The first kappa shape index (κ1) is 15.0. The smallest absolute Gasteiger partial charge is 0.119 e. The van der Waals surface area contributed by atoms with Crippen LogP contribution in [0.5, 0.6) is 5.75 Å². The quantitative estimate of drug-likeness (QED) is 0.721. The highest BCUT2D eigenvalue weighted by Gasteiger charge is 2.01. The fourth-order valence-corrected chi connectivity index (χ4v) is 1.73. The first-order valence-electron chi connectivity index (χ1n) is 6.58. The second-order valence-electron chi connectivity index (χ2n) is 4.88. The van der Waals surface area contributed by atoms with Gasteiger partial charge < -0.3 is 14.8 Å². The molecule has 0 radical (unpaired) electrons. The number of hydrogen-bond acceptors (Lipinski definition) is 3. The van der Waals surface area contributed by atoms with Gasteiger partial charge in [-0.05, 0) is 30.5 Å². The van der Waals surface area contributed by atoms with Gasteiger partial charge in [-0.2, -0.15) is 0 Å². The number of nitrogens with one attached hydrogen (secondary N) is 1. The molecular formula is C15H25NO2. The molecule has 0 heterocycles. The minimum Gasteiger partial charge on any atom is -0.492 e. The monoisotopic (exact) mass is 251 g/mol. The summed E-state index contributed by atoms with van der Waals surface area (Å²) in [5.74, 6) is 1.50. The van der Waals surface area contributed by atoms with Gasteiger partial charge in [0.25, 0.3) is 0 Å². The van der Waals surface area contributed by atoms with Gasteiger partial charge in [-0.25, -0.2) is 0 Å². The van der Waals surface area contributed by atoms with Gasteiger partial charge in [0.2, 0.25) is 0 Å². The zero-order valence-electron chi connectivity index (χ0n) is 11.9. The van der Waals surface area contributed by atoms with Crippen LogP contribution in [0.1, 0.15) is 32.3 Å². The standard InChI is InChI=1S/C15H25NO2/c1-12(2)14-5-7-15(8-6-14)18-10-9-16-13(3)11-17-4/h5-8,12-13,16H,9-11H2,1-4H3. The average molecular weight is 251 g/mol. The van der Waals surface area contributed by atoms with Crippen LogP contribution in [0.25, 0.3) is 0 Å². The fourth-order valence-electron chi connectivity index (χ4n) is 1.73. The van der Waals surface area contributed by atoms with Crippen molar-refractivity contribution in [1.82, 2.24) is 5.32 Å². The van der Waals surface area contributed by atoms with E-state index in [2.05, 4.69) is 38.2 Å². The summed E-state index contributed by atoms with van der Waals surface area (Å²) in [6.45, 7) is 8.71. The first-order valence-corrected chi connectivity index (χ1v) is 6.58. The molecule has 1 aromatic carbocycles. The van der Waals surface area contributed by atoms with Crippen molar-refractivity contribution in [3.05, 3.63) is 29.8 Å². The van der Waals surface area contributed by atoms with Gasteiger partial charge in [0.05, 0.1) is 6.61 Å². The van der Waals surface area contributed by atoms with Crippen LogP contribution >= 0.6 is 0 Å². The maximum atomic E-state index is 5.67. The lowest BCUT2D eigenvalue weighted by Crippen LogP contribution is -2.33. The third-order valence-electron chi connectivity index (χ3n) is 2.83. The number of benzene rings is 1. The van der Waals surface area contributed by atoms with E-state index in [1.807, 2.05) is 12.1 Å². The Morgan fingerprint density at radius 1 is 1.11 bits per heavy atom. The molecule has 1 atom stereocenters. The van der Waals surface area contributed by atoms with Crippen LogP contribution in [0.15, 0.2) is 24.3 Å². The Morgan fingerprint density at radius 3 is 2.33 bits per heavy atom. The number of ether oxygens (including phenoxy) is 2. The highest BCUT2D eigenvalue weighted by molar-refractivity contribution is 5.28. The van der Waals surface area contributed by atoms with E-state index in [9.17, 15) is 0 Å². The van der Waals surface area contributed by atoms with Crippen LogP contribution in [-0.4, -0.2) is 32.9 Å². The van der Waals surface area contributed by atoms with Crippen LogP contribution in [0.3, 0.4) is 0 Å². The van der Waals surface area contributed by atoms with E-state index in [-0.39, 0.29) is 0 Å². The van der Waals surface area contributed by atoms with Crippen molar-refractivity contribution in [2.24, 2.45) is 0 Å². The van der Waals surface area contributed by atoms with E-state index in [4.69, 9.17) is 9.47 Å². The van der Waals surface area contributed by atoms with E-state index in [1.54, 1.807) is 7.11 Å². The molecule has 102 valence electrons. The van der Waals surface area contributed by atoms with Crippen LogP contribution < -0.4 is 10.1 Å². The molecule has 0 fully saturated rings. The van der Waals surface area contributed by atoms with Crippen molar-refractivity contribution in [1.29, 1.82) is 0 Å². The van der Waals surface area contributed by atoms with Gasteiger partial charge in [0.1, 0.15) is 12.4 Å². The Hall–Kier alpha value is -1.06. The van der Waals surface area contributed by atoms with Crippen LogP contribution in [0, 0.1) is 0 Å². The molecule has 1 rings (SSSR count). The molecule has 0 aliphatic rings. The summed E-state index contributed by atoms with van der Waals surface area (Å²) in [6.07, 6.45) is 0. The van der Waals surface area contributed by atoms with E-state index < -0.39 is 0 Å². The van der Waals surface area contributed by atoms with Crippen molar-refractivity contribution < 1.29 is 9.47 Å². The molecule has 0 saturated heterocycles. The Bertz CT molecular complexity index is 322. The van der Waals surface area contributed by atoms with Gasteiger partial charge in [-0.3, -0.25) is 0 Å². The zero-order chi connectivity index (χ0) is 13.4. The Kier molecular flexibility index (Phi) is 6.76. The molecule has 0 aromatic heterocycles. The Balaban J connectivity index is 2.23. The van der Waals surface area contributed by atoms with Gasteiger partial charge in [-0.1, -0.05) is 26.0 Å². The molecule has 1 N–H and O–H groups in total. The lowest BCUT2D eigenvalue weighted by atomic mass is 10.0. The zero-order valence-corrected chi connectivity index (χ0v) is 11.9. The summed E-state index contributed by atoms with van der Waals surface area (Å²) in [5, 5.41) is 3.33. The number of hydrogen-bond donors (Lipinski definition) is 1. The largest absolute Gasteiger partial charge is 0.492 e. The van der Waals surface area contributed by atoms with Crippen LogP contribution in [0.4, 0.5) is 0 Å². The molecular weight excluding hydrogens is 226 g/mol. The molecule has 3 nitrogen and oxygen atoms in total. The second-order valence-corrected chi connectivity index (χ2v) is 4.88. The van der Waals surface area contributed by atoms with Crippen LogP contribution in [0.2, 0.25) is 0 Å². The predicted octanol–water partition coefficient (Wildman–Crippen LogP) is 2.81. The van der Waals surface area contributed by atoms with E-state index in [0.29, 0.717) is 18.6 Å². The predicted molar refractivity (Wildman–Crippen MR) is 75.4 cm³/mol. The molecule has 1 unspecified atom stereocenters. The third kappa shape index (κ3) is 5.52. The normalized spacial score (nSPS) is 12.7. The molecule has 0 amide bonds. The Labute approximate surface area is 110 Å². The summed E-state index contributed by atoms with van der Waals surface area (Å²) < 4.78 is 10.7. The van der Waals surface area contributed by atoms with Gasteiger partial charge >= 0.3 is 0 Å². The van der Waals surface area contributed by atoms with Gasteiger partial charge in [0.15, 0.2) is 0 Å². The summed E-state index contributed by atoms with van der Waals surface area (Å²) in [4.78, 5) is 0. The van der Waals surface area contributed by atoms with Crippen LogP contribution in [-0.2, 0) is 4.74 Å². The number of rotatable bonds is 8. The van der Waals surface area contributed by atoms with Crippen molar-refractivity contribution in [3.8, 4) is 5.75 Å². The highest BCUT2D eigenvalue weighted by Crippen LogP contribution is 2.18. The second kappa shape index (κ2) is 8.11. The maximum absolute atomic E-state index is 5.67. The lowest BCUT2D eigenvalue weighted by molar-refractivity contribution is 0.169. The molecule has 0 saturated carbocycles. The summed E-state index contributed by atoms with van der Waals surface area (Å²) in [7, 11) is 1.71. The van der Waals surface area contributed by atoms with Crippen molar-refractivity contribution >= 4 is 0 Å². The molecule has 0 aliphatic carbocycles. The van der Waals surface area contributed by atoms with Gasteiger partial charge in [0, 0.05) is 19.7 Å². The highest BCUT2D eigenvalue weighted by atomic mass is 16.5. The van der Waals surface area contributed by atoms with E-state index in [0.717, 1.165) is 18.9 Å². The van der Waals surface area contributed by atoms with Crippen molar-refractivity contribution in [2.45, 2.75) is 32.7 Å². The fraction of sp³-hybridized carbons (Fsp3) is 0.600. The lowest BCUT2D eigenvalue weighted by Gasteiger charge is -2.13. The topological polar surface area (TPSA) is 30.5 Å². The first-order chi connectivity index (χ1) is 8.63. The minimum atomic E-state index is 0.363. The molecule has 18 heavy (non-hydrogen) atoms. The van der Waals surface area contributed by atoms with E-state index >= 15 is 0 Å². The summed E-state index contributed by atoms with van der Waals surface area (Å²) in [5.41, 5.74) is 1.34. The average Bonchev–Trinajstić information content (AvgIpc) is 2.35. The van der Waals surface area contributed by atoms with Crippen molar-refractivity contribution in [2.75, 3.05) is 26.9 Å². The SMILES string of the molecule is COCC(C)NCCOc1ccc(C(C)C)cc1. The van der Waals surface area contributed by atoms with Crippen molar-refractivity contribution in [3.63, 3.8) is 0 Å². The maximum Gasteiger partial charge on any atom is 0.119 e. The summed E-state index contributed by atoms with van der Waals surface area (Å²) in [6, 6.07) is 8.69. The molecule has 1 aromatic rings. The Morgan fingerprint density at radius 2 is 1.78 bits per heavy atom. The molecule has 0 aliphatic heterocycles. The van der Waals surface area contributed by atoms with E-state index in [1.165, 1.54) is 5.56 Å². The minimum absolute atomic E-state index is 0.363. The van der Waals surface area contributed by atoms with Gasteiger partial charge in [-0.15, -0.1) is 0 Å². The third-order valence-corrected chi connectivity index (χ3v) is 2.83. The summed E-state index contributed by atoms with van der Waals surface area (Å²) >= 11 is 0. The number of methoxy groups -OCH3 is 1. The molecule has 3 heteroatoms. The molecule has 0 bridgehead atoms.